The average molecular weight is 419 g/mol. The molecule has 1 N–H and O–H groups in total. The van der Waals surface area contributed by atoms with Gasteiger partial charge in [0.2, 0.25) is 6.41 Å². The molecule has 0 bridgehead atoms. The van der Waals surface area contributed by atoms with Crippen molar-refractivity contribution in [3.05, 3.63) is 40.5 Å². The molecule has 0 atom stereocenters. The maximum atomic E-state index is 12.7. The first-order chi connectivity index (χ1) is 12.8. The predicted molar refractivity (Wildman–Crippen MR) is 101 cm³/mol. The molecule has 5 nitrogen and oxygen atoms in total. The van der Waals surface area contributed by atoms with Gasteiger partial charge in [-0.05, 0) is 24.1 Å². The minimum Gasteiger partial charge on any atom is -0.383 e. The van der Waals surface area contributed by atoms with Crippen molar-refractivity contribution in [2.75, 3.05) is 23.0 Å². The lowest BCUT2D eigenvalue weighted by atomic mass is 10.1. The van der Waals surface area contributed by atoms with Crippen LogP contribution in [0.1, 0.15) is 24.5 Å². The zero-order chi connectivity index (χ0) is 20.0. The average Bonchev–Trinajstić information content (AvgIpc) is 2.63. The van der Waals surface area contributed by atoms with Gasteiger partial charge >= 0.3 is 6.18 Å². The molecule has 27 heavy (non-hydrogen) atoms. The fourth-order valence-corrected chi connectivity index (χ4v) is 3.24. The number of thioether (sulfide) groups is 1. The number of halogens is 4. The Hall–Kier alpha value is -2.00. The third-order valence-electron chi connectivity index (χ3n) is 3.54. The van der Waals surface area contributed by atoms with Crippen LogP contribution >= 0.6 is 23.4 Å². The van der Waals surface area contributed by atoms with E-state index >= 15 is 0 Å². The van der Waals surface area contributed by atoms with Crippen LogP contribution in [0.5, 0.6) is 0 Å². The topological polar surface area (TPSA) is 58.1 Å². The standard InChI is InChI=1S/C17H18ClF3N4OS/c1-3-8-27-16-23-14(18)13(22-2)15(24-16)25(10-26)9-11-4-6-12(7-5-11)17(19,20)21/h4-7,10,22H,3,8-9H2,1-2H3. The Kier molecular flexibility index (Phi) is 7.32. The molecule has 1 aromatic carbocycles. The summed E-state index contributed by atoms with van der Waals surface area (Å²) < 4.78 is 38.1. The van der Waals surface area contributed by atoms with Crippen molar-refractivity contribution in [3.8, 4) is 0 Å². The van der Waals surface area contributed by atoms with Gasteiger partial charge in [-0.1, -0.05) is 42.4 Å². The van der Waals surface area contributed by atoms with Gasteiger partial charge in [0.25, 0.3) is 0 Å². The number of nitrogens with zero attached hydrogens (tertiary/aromatic N) is 3. The Morgan fingerprint density at radius 1 is 1.26 bits per heavy atom. The summed E-state index contributed by atoms with van der Waals surface area (Å²) in [6.07, 6.45) is -2.93. The number of carbonyl (C=O) groups is 1. The fourth-order valence-electron chi connectivity index (χ4n) is 2.24. The molecule has 0 fully saturated rings. The molecule has 10 heteroatoms. The summed E-state index contributed by atoms with van der Waals surface area (Å²) in [5, 5.41) is 3.45. The van der Waals surface area contributed by atoms with Crippen LogP contribution in [0.2, 0.25) is 5.15 Å². The molecular formula is C17H18ClF3N4OS. The van der Waals surface area contributed by atoms with E-state index in [4.69, 9.17) is 11.6 Å². The van der Waals surface area contributed by atoms with E-state index in [1.54, 1.807) is 7.05 Å². The number of hydrogen-bond acceptors (Lipinski definition) is 5. The molecular weight excluding hydrogens is 401 g/mol. The van der Waals surface area contributed by atoms with Crippen molar-refractivity contribution in [3.63, 3.8) is 0 Å². The number of alkyl halides is 3. The largest absolute Gasteiger partial charge is 0.416 e. The molecule has 2 aromatic rings. The number of amides is 1. The number of nitrogens with one attached hydrogen (secondary N) is 1. The minimum absolute atomic E-state index is 0.0432. The van der Waals surface area contributed by atoms with Gasteiger partial charge in [0, 0.05) is 12.8 Å². The number of anilines is 2. The van der Waals surface area contributed by atoms with Crippen LogP contribution in [-0.4, -0.2) is 29.2 Å². The lowest BCUT2D eigenvalue weighted by Gasteiger charge is -2.21. The highest BCUT2D eigenvalue weighted by Gasteiger charge is 2.30. The van der Waals surface area contributed by atoms with Gasteiger partial charge in [0.15, 0.2) is 16.1 Å². The first-order valence-electron chi connectivity index (χ1n) is 8.06. The summed E-state index contributed by atoms with van der Waals surface area (Å²) in [5.74, 6) is 1.06. The Morgan fingerprint density at radius 3 is 2.44 bits per heavy atom. The SMILES string of the molecule is CCCSc1nc(Cl)c(NC)c(N(C=O)Cc2ccc(C(F)(F)F)cc2)n1. The van der Waals surface area contributed by atoms with Crippen LogP contribution in [0.3, 0.4) is 0 Å². The van der Waals surface area contributed by atoms with Crippen molar-refractivity contribution in [2.24, 2.45) is 0 Å². The van der Waals surface area contributed by atoms with Crippen molar-refractivity contribution in [1.29, 1.82) is 0 Å². The van der Waals surface area contributed by atoms with Crippen LogP contribution in [-0.2, 0) is 17.5 Å². The number of carbonyl (C=O) groups excluding carboxylic acids is 1. The number of benzene rings is 1. The van der Waals surface area contributed by atoms with E-state index in [0.717, 1.165) is 24.3 Å². The zero-order valence-electron chi connectivity index (χ0n) is 14.7. The molecule has 0 unspecified atom stereocenters. The van der Waals surface area contributed by atoms with E-state index in [1.807, 2.05) is 6.92 Å². The number of rotatable bonds is 8. The van der Waals surface area contributed by atoms with Gasteiger partial charge in [-0.25, -0.2) is 9.97 Å². The van der Waals surface area contributed by atoms with E-state index in [0.29, 0.717) is 22.8 Å². The van der Waals surface area contributed by atoms with Gasteiger partial charge in [-0.3, -0.25) is 9.69 Å². The quantitative estimate of drug-likeness (QED) is 0.287. The summed E-state index contributed by atoms with van der Waals surface area (Å²) in [6, 6.07) is 4.61. The molecule has 0 aliphatic carbocycles. The van der Waals surface area contributed by atoms with Crippen molar-refractivity contribution in [2.45, 2.75) is 31.2 Å². The molecule has 0 spiro atoms. The van der Waals surface area contributed by atoms with Crippen LogP contribution in [0.15, 0.2) is 29.4 Å². The van der Waals surface area contributed by atoms with Crippen LogP contribution in [0.25, 0.3) is 0 Å². The fraction of sp³-hybridized carbons (Fsp3) is 0.353. The Bertz CT molecular complexity index is 787. The molecule has 146 valence electrons. The molecule has 1 aromatic heterocycles. The summed E-state index contributed by atoms with van der Waals surface area (Å²) in [4.78, 5) is 21.5. The maximum absolute atomic E-state index is 12.7. The lowest BCUT2D eigenvalue weighted by Crippen LogP contribution is -2.23. The van der Waals surface area contributed by atoms with Gasteiger partial charge in [0.05, 0.1) is 12.1 Å². The summed E-state index contributed by atoms with van der Waals surface area (Å²) in [6.45, 7) is 2.06. The summed E-state index contributed by atoms with van der Waals surface area (Å²) in [5.41, 5.74) is 0.148. The Balaban J connectivity index is 2.33. The lowest BCUT2D eigenvalue weighted by molar-refractivity contribution is -0.137. The van der Waals surface area contributed by atoms with Gasteiger partial charge < -0.3 is 5.32 Å². The van der Waals surface area contributed by atoms with Crippen molar-refractivity contribution < 1.29 is 18.0 Å². The smallest absolute Gasteiger partial charge is 0.383 e. The first-order valence-corrected chi connectivity index (χ1v) is 9.42. The summed E-state index contributed by atoms with van der Waals surface area (Å²) >= 11 is 7.60. The highest BCUT2D eigenvalue weighted by atomic mass is 35.5. The predicted octanol–water partition coefficient (Wildman–Crippen LogP) is 4.86. The molecule has 0 saturated heterocycles. The Labute approximate surface area is 164 Å². The third-order valence-corrected chi connectivity index (χ3v) is 4.87. The zero-order valence-corrected chi connectivity index (χ0v) is 16.3. The molecule has 1 heterocycles. The van der Waals surface area contributed by atoms with Gasteiger partial charge in [0.1, 0.15) is 5.69 Å². The summed E-state index contributed by atoms with van der Waals surface area (Å²) in [7, 11) is 1.62. The molecule has 1 amide bonds. The highest BCUT2D eigenvalue weighted by molar-refractivity contribution is 7.99. The molecule has 2 rings (SSSR count). The van der Waals surface area contributed by atoms with Gasteiger partial charge in [-0.15, -0.1) is 0 Å². The second kappa shape index (κ2) is 9.27. The molecule has 0 aliphatic heterocycles. The monoisotopic (exact) mass is 418 g/mol. The molecule has 0 saturated carbocycles. The van der Waals surface area contributed by atoms with Crippen molar-refractivity contribution in [1.82, 2.24) is 9.97 Å². The normalized spacial score (nSPS) is 11.3. The Morgan fingerprint density at radius 2 is 1.93 bits per heavy atom. The molecule has 0 radical (unpaired) electrons. The maximum Gasteiger partial charge on any atom is 0.416 e. The second-order valence-corrected chi connectivity index (χ2v) is 6.94. The van der Waals surface area contributed by atoms with E-state index in [-0.39, 0.29) is 17.5 Å². The van der Waals surface area contributed by atoms with Crippen LogP contribution < -0.4 is 10.2 Å². The second-order valence-electron chi connectivity index (χ2n) is 5.52. The minimum atomic E-state index is -4.41. The highest BCUT2D eigenvalue weighted by Crippen LogP contribution is 2.33. The number of hydrogen-bond donors (Lipinski definition) is 1. The van der Waals surface area contributed by atoms with Crippen molar-refractivity contribution >= 4 is 41.3 Å². The van der Waals surface area contributed by atoms with Crippen LogP contribution in [0.4, 0.5) is 24.7 Å². The number of aromatic nitrogens is 2. The van der Waals surface area contributed by atoms with E-state index < -0.39 is 11.7 Å². The molecule has 0 aliphatic rings. The van der Waals surface area contributed by atoms with Gasteiger partial charge in [-0.2, -0.15) is 13.2 Å². The first kappa shape index (κ1) is 21.3. The van der Waals surface area contributed by atoms with E-state index in [2.05, 4.69) is 15.3 Å². The third kappa shape index (κ3) is 5.49. The van der Waals surface area contributed by atoms with Crippen LogP contribution in [0, 0.1) is 0 Å². The van der Waals surface area contributed by atoms with E-state index in [9.17, 15) is 18.0 Å². The van der Waals surface area contributed by atoms with E-state index in [1.165, 1.54) is 28.8 Å².